The minimum absolute atomic E-state index is 0.410. The monoisotopic (exact) mass is 277 g/mol. The maximum absolute atomic E-state index is 6.39. The van der Waals surface area contributed by atoms with E-state index < -0.39 is 0 Å². The van der Waals surface area contributed by atoms with E-state index >= 15 is 0 Å². The molecular formula is C14H16ClN3O. The summed E-state index contributed by atoms with van der Waals surface area (Å²) in [7, 11) is 1.82. The van der Waals surface area contributed by atoms with E-state index in [4.69, 9.17) is 22.1 Å². The molecule has 1 atom stereocenters. The molecule has 100 valence electrons. The van der Waals surface area contributed by atoms with Crippen LogP contribution in [0.5, 0.6) is 0 Å². The zero-order chi connectivity index (χ0) is 13.4. The number of aromatic nitrogens is 2. The molecule has 1 aromatic heterocycles. The normalized spacial score (nSPS) is 18.9. The van der Waals surface area contributed by atoms with Crippen LogP contribution in [0.2, 0.25) is 5.02 Å². The molecule has 0 aliphatic carbocycles. The van der Waals surface area contributed by atoms with Crippen LogP contribution < -0.4 is 5.73 Å². The average Bonchev–Trinajstić information content (AvgIpc) is 3.01. The third-order valence-electron chi connectivity index (χ3n) is 3.67. The van der Waals surface area contributed by atoms with Crippen LogP contribution in [0.1, 0.15) is 17.9 Å². The lowest BCUT2D eigenvalue weighted by molar-refractivity contribution is 0.194. The SMILES string of the molecule is Cn1ncc(-c2ccc(C3CCOC3)c(Cl)c2)c1N. The molecule has 0 spiro atoms. The summed E-state index contributed by atoms with van der Waals surface area (Å²) in [6, 6.07) is 6.08. The molecule has 0 saturated carbocycles. The molecule has 1 aliphatic rings. The maximum Gasteiger partial charge on any atom is 0.129 e. The fraction of sp³-hybridized carbons (Fsp3) is 0.357. The molecule has 0 amide bonds. The van der Waals surface area contributed by atoms with Crippen molar-refractivity contribution in [1.29, 1.82) is 0 Å². The number of anilines is 1. The summed E-state index contributed by atoms with van der Waals surface area (Å²) < 4.78 is 7.07. The van der Waals surface area contributed by atoms with Gasteiger partial charge in [-0.15, -0.1) is 0 Å². The number of nitrogens with two attached hydrogens (primary N) is 1. The lowest BCUT2D eigenvalue weighted by Crippen LogP contribution is -2.00. The molecule has 1 aromatic carbocycles. The number of rotatable bonds is 2. The molecule has 1 fully saturated rings. The van der Waals surface area contributed by atoms with Gasteiger partial charge in [0.25, 0.3) is 0 Å². The fourth-order valence-electron chi connectivity index (χ4n) is 2.47. The Morgan fingerprint density at radius 3 is 2.89 bits per heavy atom. The van der Waals surface area contributed by atoms with Crippen LogP contribution in [-0.4, -0.2) is 23.0 Å². The summed E-state index contributed by atoms with van der Waals surface area (Å²) in [5, 5.41) is 4.92. The molecule has 5 heteroatoms. The van der Waals surface area contributed by atoms with Crippen molar-refractivity contribution in [3.8, 4) is 11.1 Å². The Kier molecular flexibility index (Phi) is 3.21. The number of hydrogen-bond acceptors (Lipinski definition) is 3. The average molecular weight is 278 g/mol. The van der Waals surface area contributed by atoms with E-state index in [0.717, 1.165) is 41.3 Å². The van der Waals surface area contributed by atoms with Gasteiger partial charge in [0.05, 0.1) is 12.8 Å². The summed E-state index contributed by atoms with van der Waals surface area (Å²) in [6.07, 6.45) is 2.80. The molecule has 1 saturated heterocycles. The van der Waals surface area contributed by atoms with Gasteiger partial charge in [0, 0.05) is 30.2 Å². The molecule has 2 heterocycles. The molecular weight excluding hydrogens is 262 g/mol. The minimum Gasteiger partial charge on any atom is -0.383 e. The Hall–Kier alpha value is -1.52. The van der Waals surface area contributed by atoms with Crippen LogP contribution in [0.15, 0.2) is 24.4 Å². The van der Waals surface area contributed by atoms with E-state index in [2.05, 4.69) is 11.2 Å². The van der Waals surface area contributed by atoms with E-state index in [1.807, 2.05) is 19.2 Å². The van der Waals surface area contributed by atoms with Gasteiger partial charge in [-0.2, -0.15) is 5.10 Å². The molecule has 4 nitrogen and oxygen atoms in total. The largest absolute Gasteiger partial charge is 0.383 e. The first-order valence-electron chi connectivity index (χ1n) is 6.32. The third kappa shape index (κ3) is 2.22. The summed E-state index contributed by atoms with van der Waals surface area (Å²) in [6.45, 7) is 1.58. The van der Waals surface area contributed by atoms with Crippen LogP contribution in [0.25, 0.3) is 11.1 Å². The minimum atomic E-state index is 0.410. The van der Waals surface area contributed by atoms with E-state index in [1.165, 1.54) is 0 Å². The van der Waals surface area contributed by atoms with Crippen LogP contribution in [0.3, 0.4) is 0 Å². The van der Waals surface area contributed by atoms with Gasteiger partial charge in [-0.05, 0) is 23.6 Å². The van der Waals surface area contributed by atoms with Crippen LogP contribution >= 0.6 is 11.6 Å². The Balaban J connectivity index is 1.97. The summed E-state index contributed by atoms with van der Waals surface area (Å²) in [4.78, 5) is 0. The van der Waals surface area contributed by atoms with Crippen molar-refractivity contribution in [3.63, 3.8) is 0 Å². The maximum atomic E-state index is 6.39. The lowest BCUT2D eigenvalue weighted by atomic mass is 9.96. The third-order valence-corrected chi connectivity index (χ3v) is 3.99. The second kappa shape index (κ2) is 4.87. The van der Waals surface area contributed by atoms with Crippen molar-refractivity contribution in [2.45, 2.75) is 12.3 Å². The predicted molar refractivity (Wildman–Crippen MR) is 76.2 cm³/mol. The van der Waals surface area contributed by atoms with E-state index in [9.17, 15) is 0 Å². The predicted octanol–water partition coefficient (Wildman–Crippen LogP) is 2.83. The van der Waals surface area contributed by atoms with Crippen molar-refractivity contribution in [3.05, 3.63) is 35.0 Å². The zero-order valence-corrected chi connectivity index (χ0v) is 11.5. The van der Waals surface area contributed by atoms with Gasteiger partial charge in [-0.1, -0.05) is 23.7 Å². The molecule has 1 unspecified atom stereocenters. The summed E-state index contributed by atoms with van der Waals surface area (Å²) in [5.74, 6) is 1.06. The standard InChI is InChI=1S/C14H16ClN3O/c1-18-14(16)12(7-17-18)9-2-3-11(13(15)6-9)10-4-5-19-8-10/h2-3,6-7,10H,4-5,8,16H2,1H3. The van der Waals surface area contributed by atoms with Crippen LogP contribution in [0, 0.1) is 0 Å². The van der Waals surface area contributed by atoms with Crippen molar-refractivity contribution in [1.82, 2.24) is 9.78 Å². The number of ether oxygens (including phenoxy) is 1. The lowest BCUT2D eigenvalue weighted by Gasteiger charge is -2.11. The van der Waals surface area contributed by atoms with E-state index in [0.29, 0.717) is 11.7 Å². The highest BCUT2D eigenvalue weighted by Gasteiger charge is 2.20. The van der Waals surface area contributed by atoms with Crippen LogP contribution in [-0.2, 0) is 11.8 Å². The number of nitrogens with zero attached hydrogens (tertiary/aromatic N) is 2. The van der Waals surface area contributed by atoms with Gasteiger partial charge in [-0.25, -0.2) is 0 Å². The Bertz CT molecular complexity index is 603. The number of benzene rings is 1. The van der Waals surface area contributed by atoms with E-state index in [-0.39, 0.29) is 0 Å². The smallest absolute Gasteiger partial charge is 0.129 e. The molecule has 2 N–H and O–H groups in total. The van der Waals surface area contributed by atoms with Gasteiger partial charge in [0.2, 0.25) is 0 Å². The first-order chi connectivity index (χ1) is 9.16. The Morgan fingerprint density at radius 2 is 2.32 bits per heavy atom. The molecule has 19 heavy (non-hydrogen) atoms. The first kappa shape index (κ1) is 12.5. The summed E-state index contributed by atoms with van der Waals surface area (Å²) >= 11 is 6.39. The molecule has 0 radical (unpaired) electrons. The van der Waals surface area contributed by atoms with Crippen molar-refractivity contribution >= 4 is 17.4 Å². The highest BCUT2D eigenvalue weighted by molar-refractivity contribution is 6.31. The second-order valence-electron chi connectivity index (χ2n) is 4.86. The zero-order valence-electron chi connectivity index (χ0n) is 10.8. The second-order valence-corrected chi connectivity index (χ2v) is 5.27. The molecule has 0 bridgehead atoms. The number of halogens is 1. The van der Waals surface area contributed by atoms with Crippen molar-refractivity contribution in [2.24, 2.45) is 7.05 Å². The topological polar surface area (TPSA) is 53.1 Å². The van der Waals surface area contributed by atoms with E-state index in [1.54, 1.807) is 10.9 Å². The number of aryl methyl sites for hydroxylation is 1. The molecule has 1 aliphatic heterocycles. The van der Waals surface area contributed by atoms with Gasteiger partial charge < -0.3 is 10.5 Å². The quantitative estimate of drug-likeness (QED) is 0.918. The first-order valence-corrected chi connectivity index (χ1v) is 6.69. The van der Waals surface area contributed by atoms with Gasteiger partial charge >= 0.3 is 0 Å². The van der Waals surface area contributed by atoms with Gasteiger partial charge in [-0.3, -0.25) is 4.68 Å². The van der Waals surface area contributed by atoms with Crippen molar-refractivity contribution in [2.75, 3.05) is 18.9 Å². The Morgan fingerprint density at radius 1 is 1.47 bits per heavy atom. The highest BCUT2D eigenvalue weighted by Crippen LogP contribution is 2.35. The molecule has 2 aromatic rings. The van der Waals surface area contributed by atoms with Crippen LogP contribution in [0.4, 0.5) is 5.82 Å². The number of hydrogen-bond donors (Lipinski definition) is 1. The number of nitrogen functional groups attached to an aromatic ring is 1. The fourth-order valence-corrected chi connectivity index (χ4v) is 2.81. The van der Waals surface area contributed by atoms with Crippen molar-refractivity contribution < 1.29 is 4.74 Å². The summed E-state index contributed by atoms with van der Waals surface area (Å²) in [5.41, 5.74) is 9.05. The molecule has 3 rings (SSSR count). The highest BCUT2D eigenvalue weighted by atomic mass is 35.5. The Labute approximate surface area is 117 Å². The van der Waals surface area contributed by atoms with Gasteiger partial charge in [0.15, 0.2) is 0 Å². The van der Waals surface area contributed by atoms with Gasteiger partial charge in [0.1, 0.15) is 5.82 Å².